The van der Waals surface area contributed by atoms with E-state index in [9.17, 15) is 4.79 Å². The first-order chi connectivity index (χ1) is 11.2. The second-order valence-corrected chi connectivity index (χ2v) is 6.62. The lowest BCUT2D eigenvalue weighted by atomic mass is 9.65. The summed E-state index contributed by atoms with van der Waals surface area (Å²) in [5, 5.41) is 3.08. The zero-order valence-corrected chi connectivity index (χ0v) is 13.6. The minimum Gasteiger partial charge on any atom is -0.493 e. The molecule has 1 aromatic rings. The third kappa shape index (κ3) is 2.25. The van der Waals surface area contributed by atoms with Crippen molar-refractivity contribution in [3.63, 3.8) is 0 Å². The summed E-state index contributed by atoms with van der Waals surface area (Å²) in [5.41, 5.74) is 2.59. The van der Waals surface area contributed by atoms with Crippen molar-refractivity contribution in [1.82, 2.24) is 5.32 Å². The van der Waals surface area contributed by atoms with E-state index in [1.165, 1.54) is 11.1 Å². The fourth-order valence-electron chi connectivity index (χ4n) is 4.64. The molecule has 0 saturated heterocycles. The van der Waals surface area contributed by atoms with Crippen LogP contribution < -0.4 is 14.8 Å². The minimum atomic E-state index is -0.310. The van der Waals surface area contributed by atoms with Crippen LogP contribution in [-0.2, 0) is 11.2 Å². The first-order valence-electron chi connectivity index (χ1n) is 8.52. The van der Waals surface area contributed by atoms with Gasteiger partial charge in [-0.2, -0.15) is 0 Å². The van der Waals surface area contributed by atoms with Gasteiger partial charge in [0.05, 0.1) is 13.7 Å². The number of ether oxygens (including phenoxy) is 3. The van der Waals surface area contributed by atoms with Gasteiger partial charge in [-0.15, -0.1) is 0 Å². The van der Waals surface area contributed by atoms with E-state index < -0.39 is 0 Å². The SMILES string of the molecule is CCOC(=O)N[C@H]1Cc2ccc(OC)c3c2[C@@H]2[C@H]1CCC[C@@H]2O3. The molecule has 1 aromatic carbocycles. The molecule has 0 bridgehead atoms. The summed E-state index contributed by atoms with van der Waals surface area (Å²) in [6, 6.07) is 4.22. The largest absolute Gasteiger partial charge is 0.493 e. The molecule has 0 aromatic heterocycles. The fraction of sp³-hybridized carbons (Fsp3) is 0.611. The number of carbonyl (C=O) groups is 1. The normalized spacial score (nSPS) is 30.2. The Morgan fingerprint density at radius 1 is 1.39 bits per heavy atom. The van der Waals surface area contributed by atoms with Crippen molar-refractivity contribution in [2.45, 2.75) is 50.7 Å². The summed E-state index contributed by atoms with van der Waals surface area (Å²) in [5.74, 6) is 2.54. The molecule has 0 unspecified atom stereocenters. The molecule has 0 radical (unpaired) electrons. The molecule has 5 heteroatoms. The van der Waals surface area contributed by atoms with Crippen molar-refractivity contribution in [2.75, 3.05) is 13.7 Å². The molecular formula is C18H23NO4. The Hall–Kier alpha value is -1.91. The first-order valence-corrected chi connectivity index (χ1v) is 8.52. The van der Waals surface area contributed by atoms with Crippen molar-refractivity contribution < 1.29 is 19.0 Å². The molecule has 1 aliphatic heterocycles. The van der Waals surface area contributed by atoms with Crippen LogP contribution >= 0.6 is 0 Å². The van der Waals surface area contributed by atoms with E-state index in [1.54, 1.807) is 7.11 Å². The molecule has 4 rings (SSSR count). The quantitative estimate of drug-likeness (QED) is 0.931. The number of hydrogen-bond donors (Lipinski definition) is 1. The molecule has 1 fully saturated rings. The maximum Gasteiger partial charge on any atom is 0.407 e. The topological polar surface area (TPSA) is 56.8 Å². The van der Waals surface area contributed by atoms with Crippen molar-refractivity contribution in [1.29, 1.82) is 0 Å². The van der Waals surface area contributed by atoms with Gasteiger partial charge in [-0.25, -0.2) is 4.79 Å². The maximum atomic E-state index is 11.9. The van der Waals surface area contributed by atoms with E-state index in [0.29, 0.717) is 18.4 Å². The molecule has 2 aliphatic carbocycles. The molecule has 124 valence electrons. The third-order valence-corrected chi connectivity index (χ3v) is 5.50. The van der Waals surface area contributed by atoms with Crippen LogP contribution in [-0.4, -0.2) is 32.0 Å². The van der Waals surface area contributed by atoms with Crippen molar-refractivity contribution >= 4 is 6.09 Å². The highest BCUT2D eigenvalue weighted by Gasteiger charge is 2.50. The van der Waals surface area contributed by atoms with E-state index in [4.69, 9.17) is 14.2 Å². The molecule has 1 heterocycles. The van der Waals surface area contributed by atoms with Gasteiger partial charge in [-0.3, -0.25) is 0 Å². The predicted octanol–water partition coefficient (Wildman–Crippen LogP) is 3.01. The lowest BCUT2D eigenvalue weighted by molar-refractivity contribution is 0.0942. The zero-order chi connectivity index (χ0) is 16.0. The Balaban J connectivity index is 1.70. The van der Waals surface area contributed by atoms with Crippen molar-refractivity contribution in [3.05, 3.63) is 23.3 Å². The highest BCUT2D eigenvalue weighted by atomic mass is 16.5. The Kier molecular flexibility index (Phi) is 3.58. The summed E-state index contributed by atoms with van der Waals surface area (Å²) in [7, 11) is 1.69. The lowest BCUT2D eigenvalue weighted by Gasteiger charge is -2.41. The van der Waals surface area contributed by atoms with Crippen LogP contribution in [0.3, 0.4) is 0 Å². The number of alkyl carbamates (subject to hydrolysis) is 1. The average molecular weight is 317 g/mol. The van der Waals surface area contributed by atoms with Crippen LogP contribution in [0, 0.1) is 5.92 Å². The first kappa shape index (κ1) is 14.7. The van der Waals surface area contributed by atoms with Gasteiger partial charge in [-0.05, 0) is 50.2 Å². The van der Waals surface area contributed by atoms with Gasteiger partial charge in [0.1, 0.15) is 6.10 Å². The summed E-state index contributed by atoms with van der Waals surface area (Å²) in [6.45, 7) is 2.23. The number of nitrogens with one attached hydrogen (secondary N) is 1. The molecule has 3 aliphatic rings. The van der Waals surface area contributed by atoms with Crippen LogP contribution in [0.2, 0.25) is 0 Å². The Morgan fingerprint density at radius 3 is 3.04 bits per heavy atom. The number of rotatable bonds is 3. The number of amides is 1. The van der Waals surface area contributed by atoms with E-state index in [2.05, 4.69) is 11.4 Å². The third-order valence-electron chi connectivity index (χ3n) is 5.50. The monoisotopic (exact) mass is 317 g/mol. The maximum absolute atomic E-state index is 11.9. The molecule has 23 heavy (non-hydrogen) atoms. The van der Waals surface area contributed by atoms with Crippen molar-refractivity contribution in [2.24, 2.45) is 5.92 Å². The highest BCUT2D eigenvalue weighted by molar-refractivity contribution is 5.68. The van der Waals surface area contributed by atoms with Gasteiger partial charge in [-0.1, -0.05) is 6.07 Å². The Labute approximate surface area is 136 Å². The summed E-state index contributed by atoms with van der Waals surface area (Å²) in [6.07, 6.45) is 4.07. The van der Waals surface area contributed by atoms with Gasteiger partial charge >= 0.3 is 6.09 Å². The molecule has 1 saturated carbocycles. The van der Waals surface area contributed by atoms with Crippen LogP contribution in [0.4, 0.5) is 4.79 Å². The van der Waals surface area contributed by atoms with Crippen LogP contribution in [0.5, 0.6) is 11.5 Å². The van der Waals surface area contributed by atoms with Crippen molar-refractivity contribution in [3.8, 4) is 11.5 Å². The van der Waals surface area contributed by atoms with Gasteiger partial charge < -0.3 is 19.5 Å². The summed E-state index contributed by atoms with van der Waals surface area (Å²) in [4.78, 5) is 11.9. The van der Waals surface area contributed by atoms with Gasteiger partial charge in [0.2, 0.25) is 0 Å². The number of carbonyl (C=O) groups excluding carboxylic acids is 1. The highest BCUT2D eigenvalue weighted by Crippen LogP contribution is 2.56. The molecule has 1 N–H and O–H groups in total. The second kappa shape index (κ2) is 5.62. The second-order valence-electron chi connectivity index (χ2n) is 6.62. The van der Waals surface area contributed by atoms with E-state index in [1.807, 2.05) is 13.0 Å². The number of hydrogen-bond acceptors (Lipinski definition) is 4. The lowest BCUT2D eigenvalue weighted by Crippen LogP contribution is -2.49. The number of methoxy groups -OCH3 is 1. The smallest absolute Gasteiger partial charge is 0.407 e. The number of benzene rings is 1. The Bertz CT molecular complexity index is 630. The molecule has 5 nitrogen and oxygen atoms in total. The molecule has 1 amide bonds. The standard InChI is InChI=1S/C18H23NO4/c1-3-22-18(20)19-12-9-10-7-8-14(21-2)17-15(10)16-11(12)5-4-6-13(16)23-17/h7-8,11-13,16H,3-6,9H2,1-2H3,(H,19,20)/t11-,12-,13-,16+/m0/s1. The predicted molar refractivity (Wildman–Crippen MR) is 85.1 cm³/mol. The van der Waals surface area contributed by atoms with E-state index in [-0.39, 0.29) is 18.2 Å². The van der Waals surface area contributed by atoms with Crippen LogP contribution in [0.25, 0.3) is 0 Å². The summed E-state index contributed by atoms with van der Waals surface area (Å²) >= 11 is 0. The molecule has 0 spiro atoms. The van der Waals surface area contributed by atoms with Gasteiger partial charge in [0, 0.05) is 17.5 Å². The average Bonchev–Trinajstić information content (AvgIpc) is 2.94. The van der Waals surface area contributed by atoms with E-state index in [0.717, 1.165) is 37.2 Å². The summed E-state index contributed by atoms with van der Waals surface area (Å²) < 4.78 is 16.8. The van der Waals surface area contributed by atoms with E-state index >= 15 is 0 Å². The van der Waals surface area contributed by atoms with Crippen LogP contribution in [0.15, 0.2) is 12.1 Å². The van der Waals surface area contributed by atoms with Gasteiger partial charge in [0.15, 0.2) is 11.5 Å². The minimum absolute atomic E-state index is 0.122. The van der Waals surface area contributed by atoms with Crippen LogP contribution in [0.1, 0.15) is 43.2 Å². The zero-order valence-electron chi connectivity index (χ0n) is 13.6. The Morgan fingerprint density at radius 2 is 2.26 bits per heavy atom. The molecule has 4 atom stereocenters. The molecular weight excluding hydrogens is 294 g/mol. The van der Waals surface area contributed by atoms with Gasteiger partial charge in [0.25, 0.3) is 0 Å². The fourth-order valence-corrected chi connectivity index (χ4v) is 4.64.